The van der Waals surface area contributed by atoms with Crippen LogP contribution in [0.5, 0.6) is 0 Å². The van der Waals surface area contributed by atoms with E-state index in [4.69, 9.17) is 14.2 Å². The van der Waals surface area contributed by atoms with Gasteiger partial charge in [-0.05, 0) is 116 Å². The SMILES string of the molecule is CC/C=C\C/C=C\C/C=C\C/C=C\CCCCCCCCCCCCC(=O)OCC(COC(=O)CCCCCCCCC/C=C\C/C=C\C/C=C\CC)OC(=O)CCCCCCCCCCC/C=C\CCCCCCCCCC. The van der Waals surface area contributed by atoms with Gasteiger partial charge in [0.2, 0.25) is 0 Å². The molecule has 0 heterocycles. The Hall–Kier alpha value is -3.67. The van der Waals surface area contributed by atoms with Gasteiger partial charge in [0.25, 0.3) is 0 Å². The monoisotopic (exact) mass is 1100 g/mol. The maximum absolute atomic E-state index is 13.0. The quantitative estimate of drug-likeness (QED) is 0.0261. The second-order valence-electron chi connectivity index (χ2n) is 22.3. The van der Waals surface area contributed by atoms with Gasteiger partial charge in [-0.1, -0.05) is 291 Å². The molecule has 0 radical (unpaired) electrons. The summed E-state index contributed by atoms with van der Waals surface area (Å²) in [6.45, 7) is 6.44. The van der Waals surface area contributed by atoms with Crippen LogP contribution >= 0.6 is 0 Å². The van der Waals surface area contributed by atoms with Crippen molar-refractivity contribution in [2.45, 2.75) is 335 Å². The molecule has 1 atom stereocenters. The van der Waals surface area contributed by atoms with Crippen LogP contribution in [-0.2, 0) is 28.6 Å². The largest absolute Gasteiger partial charge is 0.462 e. The third-order valence-electron chi connectivity index (χ3n) is 14.6. The molecule has 454 valence electrons. The standard InChI is InChI=1S/C73H126O6/c1-4-7-10-13-16-19-22-25-28-31-33-35-36-38-39-42-45-48-51-54-57-60-63-66-72(75)78-69-70(68-77-71(74)65-62-59-56-53-50-47-44-41-30-27-24-21-18-15-12-9-6-3)79-73(76)67-64-61-58-55-52-49-46-43-40-37-34-32-29-26-23-20-17-14-11-8-5-2/h7,9-10,12,16,18-19,21,25,27-28,30,32-35,70H,4-6,8,11,13-15,17,20,22-24,26,29,31,36-69H2,1-3H3/b10-7-,12-9-,19-16-,21-18-,28-25-,30-27-,34-32-,35-33-. The van der Waals surface area contributed by atoms with Crippen LogP contribution in [0.2, 0.25) is 0 Å². The van der Waals surface area contributed by atoms with Crippen LogP contribution in [0, 0.1) is 0 Å². The van der Waals surface area contributed by atoms with Crippen molar-refractivity contribution in [2.24, 2.45) is 0 Å². The molecule has 6 nitrogen and oxygen atoms in total. The van der Waals surface area contributed by atoms with Crippen molar-refractivity contribution in [3.8, 4) is 0 Å². The van der Waals surface area contributed by atoms with Gasteiger partial charge in [0.05, 0.1) is 0 Å². The fourth-order valence-corrected chi connectivity index (χ4v) is 9.56. The van der Waals surface area contributed by atoms with Gasteiger partial charge >= 0.3 is 17.9 Å². The number of carbonyl (C=O) groups is 3. The van der Waals surface area contributed by atoms with Crippen molar-refractivity contribution >= 4 is 17.9 Å². The number of hydrogen-bond acceptors (Lipinski definition) is 6. The Labute approximate surface area is 489 Å². The first-order chi connectivity index (χ1) is 39.0. The number of hydrogen-bond donors (Lipinski definition) is 0. The number of rotatable bonds is 61. The predicted octanol–water partition coefficient (Wildman–Crippen LogP) is 23.2. The maximum Gasteiger partial charge on any atom is 0.306 e. The van der Waals surface area contributed by atoms with Crippen LogP contribution in [0.4, 0.5) is 0 Å². The second kappa shape index (κ2) is 66.8. The molecule has 0 bridgehead atoms. The number of allylic oxidation sites excluding steroid dienone is 16. The molecule has 0 aromatic heterocycles. The third-order valence-corrected chi connectivity index (χ3v) is 14.6. The minimum absolute atomic E-state index is 0.0827. The van der Waals surface area contributed by atoms with E-state index in [-0.39, 0.29) is 31.1 Å². The fraction of sp³-hybridized carbons (Fsp3) is 0.740. The van der Waals surface area contributed by atoms with E-state index in [0.29, 0.717) is 19.3 Å². The van der Waals surface area contributed by atoms with Crippen LogP contribution in [-0.4, -0.2) is 37.2 Å². The van der Waals surface area contributed by atoms with Gasteiger partial charge in [-0.25, -0.2) is 0 Å². The maximum atomic E-state index is 13.0. The Bertz CT molecular complexity index is 1540. The number of esters is 3. The summed E-state index contributed by atoms with van der Waals surface area (Å²) in [7, 11) is 0. The average Bonchev–Trinajstić information content (AvgIpc) is 3.45. The van der Waals surface area contributed by atoms with E-state index in [1.165, 1.54) is 180 Å². The first kappa shape index (κ1) is 75.3. The van der Waals surface area contributed by atoms with Gasteiger partial charge in [0.15, 0.2) is 6.10 Å². The lowest BCUT2D eigenvalue weighted by molar-refractivity contribution is -0.167. The van der Waals surface area contributed by atoms with Crippen molar-refractivity contribution < 1.29 is 28.6 Å². The molecule has 0 aromatic rings. The summed E-state index contributed by atoms with van der Waals surface area (Å²) in [5.74, 6) is -0.885. The zero-order chi connectivity index (χ0) is 57.1. The molecule has 0 saturated heterocycles. The molecular weight excluding hydrogens is 973 g/mol. The van der Waals surface area contributed by atoms with Crippen molar-refractivity contribution in [3.05, 3.63) is 97.2 Å². The van der Waals surface area contributed by atoms with Gasteiger partial charge in [-0.3, -0.25) is 14.4 Å². The second-order valence-corrected chi connectivity index (χ2v) is 22.3. The average molecular weight is 1100 g/mol. The lowest BCUT2D eigenvalue weighted by Gasteiger charge is -2.18. The number of carbonyl (C=O) groups excluding carboxylic acids is 3. The Morgan fingerprint density at radius 1 is 0.266 bits per heavy atom. The van der Waals surface area contributed by atoms with Crippen molar-refractivity contribution in [1.82, 2.24) is 0 Å². The molecule has 1 unspecified atom stereocenters. The summed E-state index contributed by atoms with van der Waals surface area (Å²) in [4.78, 5) is 38.4. The van der Waals surface area contributed by atoms with Crippen LogP contribution in [0.25, 0.3) is 0 Å². The Morgan fingerprint density at radius 3 is 0.785 bits per heavy atom. The molecule has 0 fully saturated rings. The molecule has 0 saturated carbocycles. The molecule has 0 aliphatic rings. The van der Waals surface area contributed by atoms with Gasteiger partial charge in [-0.2, -0.15) is 0 Å². The first-order valence-corrected chi connectivity index (χ1v) is 33.7. The molecule has 0 amide bonds. The molecule has 0 aromatic carbocycles. The Morgan fingerprint density at radius 2 is 0.494 bits per heavy atom. The predicted molar refractivity (Wildman–Crippen MR) is 344 cm³/mol. The minimum atomic E-state index is -0.787. The highest BCUT2D eigenvalue weighted by Gasteiger charge is 2.19. The van der Waals surface area contributed by atoms with Gasteiger partial charge < -0.3 is 14.2 Å². The molecule has 0 spiro atoms. The van der Waals surface area contributed by atoms with Gasteiger partial charge in [0, 0.05) is 19.3 Å². The van der Waals surface area contributed by atoms with E-state index >= 15 is 0 Å². The lowest BCUT2D eigenvalue weighted by atomic mass is 10.0. The van der Waals surface area contributed by atoms with Crippen LogP contribution in [0.15, 0.2) is 97.2 Å². The summed E-state index contributed by atoms with van der Waals surface area (Å²) in [5.41, 5.74) is 0. The van der Waals surface area contributed by atoms with Crippen LogP contribution < -0.4 is 0 Å². The Balaban J connectivity index is 4.38. The molecular formula is C73H126O6. The molecule has 79 heavy (non-hydrogen) atoms. The molecule has 0 aliphatic heterocycles. The number of ether oxygens (including phenoxy) is 3. The van der Waals surface area contributed by atoms with Crippen molar-refractivity contribution in [1.29, 1.82) is 0 Å². The highest BCUT2D eigenvalue weighted by atomic mass is 16.6. The van der Waals surface area contributed by atoms with E-state index in [0.717, 1.165) is 109 Å². The van der Waals surface area contributed by atoms with Crippen LogP contribution in [0.1, 0.15) is 329 Å². The highest BCUT2D eigenvalue weighted by molar-refractivity contribution is 5.71. The topological polar surface area (TPSA) is 78.9 Å². The third kappa shape index (κ3) is 65.0. The molecule has 0 N–H and O–H groups in total. The van der Waals surface area contributed by atoms with Crippen LogP contribution in [0.3, 0.4) is 0 Å². The van der Waals surface area contributed by atoms with E-state index < -0.39 is 6.10 Å². The van der Waals surface area contributed by atoms with Gasteiger partial charge in [0.1, 0.15) is 13.2 Å². The summed E-state index contributed by atoms with van der Waals surface area (Å²) >= 11 is 0. The summed E-state index contributed by atoms with van der Waals surface area (Å²) in [6.07, 6.45) is 89.9. The van der Waals surface area contributed by atoms with Crippen molar-refractivity contribution in [3.63, 3.8) is 0 Å². The highest BCUT2D eigenvalue weighted by Crippen LogP contribution is 2.17. The van der Waals surface area contributed by atoms with E-state index in [1.54, 1.807) is 0 Å². The first-order valence-electron chi connectivity index (χ1n) is 33.7. The number of unbranched alkanes of at least 4 members (excludes halogenated alkanes) is 34. The summed E-state index contributed by atoms with van der Waals surface area (Å²) in [5, 5.41) is 0. The Kier molecular flexibility index (Phi) is 63.7. The summed E-state index contributed by atoms with van der Waals surface area (Å²) in [6, 6.07) is 0. The minimum Gasteiger partial charge on any atom is -0.462 e. The lowest BCUT2D eigenvalue weighted by Crippen LogP contribution is -2.30. The van der Waals surface area contributed by atoms with E-state index in [9.17, 15) is 14.4 Å². The fourth-order valence-electron chi connectivity index (χ4n) is 9.56. The normalized spacial score (nSPS) is 12.7. The van der Waals surface area contributed by atoms with E-state index in [1.807, 2.05) is 0 Å². The zero-order valence-corrected chi connectivity index (χ0v) is 52.1. The summed E-state index contributed by atoms with van der Waals surface area (Å²) < 4.78 is 17.0. The smallest absolute Gasteiger partial charge is 0.306 e. The van der Waals surface area contributed by atoms with E-state index in [2.05, 4.69) is 118 Å². The zero-order valence-electron chi connectivity index (χ0n) is 52.1. The molecule has 0 rings (SSSR count). The molecule has 0 aliphatic carbocycles. The molecule has 6 heteroatoms. The van der Waals surface area contributed by atoms with Crippen molar-refractivity contribution in [2.75, 3.05) is 13.2 Å². The van der Waals surface area contributed by atoms with Gasteiger partial charge in [-0.15, -0.1) is 0 Å².